The van der Waals surface area contributed by atoms with Gasteiger partial charge in [0, 0.05) is 41.6 Å². The Morgan fingerprint density at radius 1 is 0.971 bits per heavy atom. The summed E-state index contributed by atoms with van der Waals surface area (Å²) in [7, 11) is 0. The van der Waals surface area contributed by atoms with Gasteiger partial charge in [-0.3, -0.25) is 23.9 Å². The number of benzene rings is 1. The Kier molecular flexibility index (Phi) is 6.65. The molecule has 1 aromatic carbocycles. The predicted octanol–water partition coefficient (Wildman–Crippen LogP) is 4.32. The van der Waals surface area contributed by atoms with Crippen LogP contribution in [0.2, 0.25) is 0 Å². The molecule has 0 unspecified atom stereocenters. The molecule has 4 aromatic rings. The number of carbonyl (C=O) groups excluding carboxylic acids is 3. The van der Waals surface area contributed by atoms with Crippen LogP contribution in [-0.2, 0) is 4.79 Å². The Bertz CT molecular complexity index is 1370. The Balaban J connectivity index is 1.39. The molecule has 8 nitrogen and oxygen atoms in total. The molecule has 3 aromatic heterocycles. The molecule has 2 amide bonds. The number of pyridine rings is 1. The van der Waals surface area contributed by atoms with Gasteiger partial charge < -0.3 is 10.6 Å². The summed E-state index contributed by atoms with van der Waals surface area (Å²) in [6.07, 6.45) is 2.92. The summed E-state index contributed by atoms with van der Waals surface area (Å²) in [5.41, 5.74) is 6.06. The number of rotatable bonds is 6. The molecule has 0 aliphatic rings. The smallest absolute Gasteiger partial charge is 0.253 e. The molecule has 0 atom stereocenters. The number of carbonyl (C=O) groups is 3. The van der Waals surface area contributed by atoms with Crippen LogP contribution in [0.3, 0.4) is 0 Å². The van der Waals surface area contributed by atoms with Crippen molar-refractivity contribution in [3.8, 4) is 22.4 Å². The lowest BCUT2D eigenvalue weighted by atomic mass is 10.0. The number of hydrogen-bond donors (Lipinski definition) is 2. The number of hydrogen-bond acceptors (Lipinski definition) is 6. The van der Waals surface area contributed by atoms with Gasteiger partial charge >= 0.3 is 0 Å². The van der Waals surface area contributed by atoms with Crippen molar-refractivity contribution in [3.63, 3.8) is 0 Å². The first-order valence-electron chi connectivity index (χ1n) is 10.6. The van der Waals surface area contributed by atoms with Crippen molar-refractivity contribution in [2.24, 2.45) is 0 Å². The minimum absolute atomic E-state index is 0.201. The molecule has 0 saturated carbocycles. The molecular formula is C25H23N5O3S. The normalized spacial score (nSPS) is 10.7. The van der Waals surface area contributed by atoms with E-state index in [9.17, 15) is 14.4 Å². The van der Waals surface area contributed by atoms with E-state index in [0.29, 0.717) is 10.7 Å². The first-order valence-corrected chi connectivity index (χ1v) is 11.4. The van der Waals surface area contributed by atoms with Crippen LogP contribution < -0.4 is 10.6 Å². The summed E-state index contributed by atoms with van der Waals surface area (Å²) < 4.78 is 1.30. The van der Waals surface area contributed by atoms with E-state index in [2.05, 4.69) is 26.7 Å². The highest BCUT2D eigenvalue weighted by molar-refractivity contribution is 7.14. The van der Waals surface area contributed by atoms with Gasteiger partial charge in [0.2, 0.25) is 11.8 Å². The standard InChI is InChI=1S/C25H23N5O3S/c1-15-9-21(10-16(2)27-15)18-5-4-6-19(11-18)22-14-34-25(28-22)29-23(32)12-26-24(33)20-7-8-30(13-20)17(3)31/h4-11,13-14H,12H2,1-3H3,(H,26,33)(H,28,29,32). The zero-order valence-corrected chi connectivity index (χ0v) is 19.8. The van der Waals surface area contributed by atoms with Gasteiger partial charge in [0.05, 0.1) is 17.8 Å². The molecule has 0 spiro atoms. The van der Waals surface area contributed by atoms with Crippen molar-refractivity contribution >= 4 is 34.2 Å². The monoisotopic (exact) mass is 473 g/mol. The van der Waals surface area contributed by atoms with Gasteiger partial charge in [0.25, 0.3) is 5.91 Å². The Morgan fingerprint density at radius 2 is 1.71 bits per heavy atom. The molecule has 3 heterocycles. The summed E-state index contributed by atoms with van der Waals surface area (Å²) in [6, 6.07) is 13.7. The molecule has 0 aliphatic heterocycles. The van der Waals surface area contributed by atoms with Crippen molar-refractivity contribution in [2.75, 3.05) is 11.9 Å². The fraction of sp³-hybridized carbons (Fsp3) is 0.160. The Labute approximate surface area is 200 Å². The maximum Gasteiger partial charge on any atom is 0.253 e. The second kappa shape index (κ2) is 9.80. The highest BCUT2D eigenvalue weighted by atomic mass is 32.1. The zero-order valence-electron chi connectivity index (χ0n) is 19.0. The fourth-order valence-corrected chi connectivity index (χ4v) is 4.21. The minimum Gasteiger partial charge on any atom is -0.343 e. The van der Waals surface area contributed by atoms with Crippen LogP contribution in [0.1, 0.15) is 33.5 Å². The fourth-order valence-electron chi connectivity index (χ4n) is 3.48. The van der Waals surface area contributed by atoms with E-state index in [-0.39, 0.29) is 12.5 Å². The van der Waals surface area contributed by atoms with E-state index >= 15 is 0 Å². The van der Waals surface area contributed by atoms with E-state index in [1.165, 1.54) is 41.3 Å². The topological polar surface area (TPSA) is 106 Å². The molecule has 0 saturated heterocycles. The van der Waals surface area contributed by atoms with Crippen molar-refractivity contribution in [3.05, 3.63) is 77.2 Å². The van der Waals surface area contributed by atoms with E-state index in [1.807, 2.05) is 49.6 Å². The molecule has 34 heavy (non-hydrogen) atoms. The van der Waals surface area contributed by atoms with Gasteiger partial charge in [-0.15, -0.1) is 11.3 Å². The summed E-state index contributed by atoms with van der Waals surface area (Å²) in [4.78, 5) is 44.8. The van der Waals surface area contributed by atoms with Crippen molar-refractivity contribution < 1.29 is 14.4 Å². The van der Waals surface area contributed by atoms with Crippen LogP contribution in [0, 0.1) is 13.8 Å². The third-order valence-corrected chi connectivity index (χ3v) is 5.81. The average Bonchev–Trinajstić information content (AvgIpc) is 3.47. The van der Waals surface area contributed by atoms with Gasteiger partial charge in [-0.2, -0.15) is 0 Å². The average molecular weight is 474 g/mol. The third kappa shape index (κ3) is 5.44. The van der Waals surface area contributed by atoms with Crippen LogP contribution >= 0.6 is 11.3 Å². The van der Waals surface area contributed by atoms with E-state index in [0.717, 1.165) is 33.8 Å². The highest BCUT2D eigenvalue weighted by Gasteiger charge is 2.13. The summed E-state index contributed by atoms with van der Waals surface area (Å²) in [6.45, 7) is 5.13. The second-order valence-electron chi connectivity index (χ2n) is 7.81. The molecule has 0 aliphatic carbocycles. The number of nitrogens with zero attached hydrogens (tertiary/aromatic N) is 3. The lowest BCUT2D eigenvalue weighted by Crippen LogP contribution is -2.32. The molecule has 9 heteroatoms. The van der Waals surface area contributed by atoms with E-state index in [1.54, 1.807) is 0 Å². The number of amides is 2. The van der Waals surface area contributed by atoms with Crippen molar-refractivity contribution in [1.29, 1.82) is 0 Å². The van der Waals surface area contributed by atoms with Gasteiger partial charge in [-0.1, -0.05) is 18.2 Å². The number of aryl methyl sites for hydroxylation is 2. The SMILES string of the molecule is CC(=O)n1ccc(C(=O)NCC(=O)Nc2nc(-c3cccc(-c4cc(C)nc(C)c4)c3)cs2)c1. The molecule has 2 N–H and O–H groups in total. The van der Waals surface area contributed by atoms with E-state index < -0.39 is 11.8 Å². The second-order valence-corrected chi connectivity index (χ2v) is 8.67. The van der Waals surface area contributed by atoms with Crippen LogP contribution in [0.15, 0.2) is 60.2 Å². The van der Waals surface area contributed by atoms with Crippen LogP contribution in [0.5, 0.6) is 0 Å². The van der Waals surface area contributed by atoms with Crippen LogP contribution in [0.4, 0.5) is 5.13 Å². The van der Waals surface area contributed by atoms with Crippen molar-refractivity contribution in [2.45, 2.75) is 20.8 Å². The highest BCUT2D eigenvalue weighted by Crippen LogP contribution is 2.29. The number of aromatic nitrogens is 3. The first-order chi connectivity index (χ1) is 16.3. The molecular weight excluding hydrogens is 450 g/mol. The molecule has 0 radical (unpaired) electrons. The zero-order chi connectivity index (χ0) is 24.2. The van der Waals surface area contributed by atoms with Crippen LogP contribution in [-0.4, -0.2) is 38.8 Å². The maximum absolute atomic E-state index is 12.3. The number of thiazole rings is 1. The van der Waals surface area contributed by atoms with Gasteiger partial charge in [-0.05, 0) is 49.2 Å². The largest absolute Gasteiger partial charge is 0.343 e. The molecule has 0 fully saturated rings. The van der Waals surface area contributed by atoms with Crippen molar-refractivity contribution in [1.82, 2.24) is 19.9 Å². The molecule has 4 rings (SSSR count). The quantitative estimate of drug-likeness (QED) is 0.434. The third-order valence-electron chi connectivity index (χ3n) is 5.05. The van der Waals surface area contributed by atoms with Gasteiger partial charge in [0.1, 0.15) is 0 Å². The summed E-state index contributed by atoms with van der Waals surface area (Å²) in [5, 5.41) is 7.57. The Hall–Kier alpha value is -4.11. The summed E-state index contributed by atoms with van der Waals surface area (Å²) in [5.74, 6) is -1.03. The summed E-state index contributed by atoms with van der Waals surface area (Å²) >= 11 is 1.31. The number of anilines is 1. The van der Waals surface area contributed by atoms with E-state index in [4.69, 9.17) is 0 Å². The predicted molar refractivity (Wildman–Crippen MR) is 132 cm³/mol. The number of nitrogens with one attached hydrogen (secondary N) is 2. The van der Waals surface area contributed by atoms with Gasteiger partial charge in [-0.25, -0.2) is 4.98 Å². The van der Waals surface area contributed by atoms with Crippen LogP contribution in [0.25, 0.3) is 22.4 Å². The lowest BCUT2D eigenvalue weighted by molar-refractivity contribution is -0.115. The molecule has 172 valence electrons. The first kappa shape index (κ1) is 23.1. The molecule has 0 bridgehead atoms. The minimum atomic E-state index is -0.437. The maximum atomic E-state index is 12.3. The lowest BCUT2D eigenvalue weighted by Gasteiger charge is -2.06. The van der Waals surface area contributed by atoms with Gasteiger partial charge in [0.15, 0.2) is 5.13 Å². The Morgan fingerprint density at radius 3 is 2.41 bits per heavy atom.